The number of likely N-dealkylation sites (tertiary alicyclic amines) is 1. The Labute approximate surface area is 224 Å². The average molecular weight is 541 g/mol. The minimum absolute atomic E-state index is 0.0207. The van der Waals surface area contributed by atoms with E-state index in [4.69, 9.17) is 16.7 Å². The van der Waals surface area contributed by atoms with Crippen LogP contribution in [0.2, 0.25) is 5.02 Å². The van der Waals surface area contributed by atoms with Gasteiger partial charge in [-0.3, -0.25) is 0 Å². The molecule has 8 nitrogen and oxygen atoms in total. The van der Waals surface area contributed by atoms with Crippen LogP contribution in [-0.4, -0.2) is 66.5 Å². The number of amides is 3. The lowest BCUT2D eigenvalue weighted by Crippen LogP contribution is -2.54. The van der Waals surface area contributed by atoms with E-state index < -0.39 is 23.4 Å². The third-order valence-electron chi connectivity index (χ3n) is 7.93. The molecule has 10 heteroatoms. The maximum atomic E-state index is 15.1. The molecule has 37 heavy (non-hydrogen) atoms. The molecule has 0 radical (unpaired) electrons. The Kier molecular flexibility index (Phi) is 11.3. The van der Waals surface area contributed by atoms with Gasteiger partial charge in [0, 0.05) is 43.7 Å². The largest absolute Gasteiger partial charge is 0.465 e. The van der Waals surface area contributed by atoms with Gasteiger partial charge in [-0.05, 0) is 51.1 Å². The molecule has 1 aromatic rings. The molecule has 208 valence electrons. The number of carbonyl (C=O) groups is 2. The van der Waals surface area contributed by atoms with E-state index in [1.54, 1.807) is 11.0 Å². The molecule has 3 amide bonds. The molecule has 1 aromatic carbocycles. The zero-order valence-corrected chi connectivity index (χ0v) is 22.5. The van der Waals surface area contributed by atoms with E-state index in [9.17, 15) is 14.7 Å². The molecule has 5 N–H and O–H groups in total. The summed E-state index contributed by atoms with van der Waals surface area (Å²) >= 11 is 6.05. The van der Waals surface area contributed by atoms with Crippen LogP contribution < -0.4 is 16.0 Å². The van der Waals surface area contributed by atoms with Crippen molar-refractivity contribution in [1.29, 1.82) is 0 Å². The Balaban J connectivity index is 1.72. The van der Waals surface area contributed by atoms with Crippen molar-refractivity contribution in [2.45, 2.75) is 75.9 Å². The summed E-state index contributed by atoms with van der Waals surface area (Å²) in [5, 5.41) is 29.4. The lowest BCUT2D eigenvalue weighted by molar-refractivity contribution is -0.0576. The first-order chi connectivity index (χ1) is 17.7. The summed E-state index contributed by atoms with van der Waals surface area (Å²) in [5.74, 6) is -0.483. The molecule has 1 saturated heterocycles. The summed E-state index contributed by atoms with van der Waals surface area (Å²) in [4.78, 5) is 25.9. The quantitative estimate of drug-likeness (QED) is 0.261. The highest BCUT2D eigenvalue weighted by Crippen LogP contribution is 2.41. The van der Waals surface area contributed by atoms with Gasteiger partial charge in [-0.25, -0.2) is 14.0 Å². The first-order valence-electron chi connectivity index (χ1n) is 13.6. The number of nitrogens with zero attached hydrogens (tertiary/aromatic N) is 1. The number of halogens is 2. The van der Waals surface area contributed by atoms with Gasteiger partial charge >= 0.3 is 12.1 Å². The summed E-state index contributed by atoms with van der Waals surface area (Å²) < 4.78 is 15.1. The molecule has 1 aliphatic heterocycles. The minimum atomic E-state index is -1.60. The molecule has 3 rings (SSSR count). The lowest BCUT2D eigenvalue weighted by atomic mass is 9.74. The SMILES string of the molecule is CNC[C@H](CC1CCCCC1)NC(=O)N1CCC[C@@H]([C@@](O)(CCCNC(=O)O)c2cccc(Cl)c2F)C1. The lowest BCUT2D eigenvalue weighted by Gasteiger charge is -2.43. The van der Waals surface area contributed by atoms with Crippen LogP contribution in [0.25, 0.3) is 0 Å². The fraction of sp³-hybridized carbons (Fsp3) is 0.704. The van der Waals surface area contributed by atoms with E-state index >= 15 is 4.39 Å². The van der Waals surface area contributed by atoms with Crippen LogP contribution in [-0.2, 0) is 5.60 Å². The topological polar surface area (TPSA) is 114 Å². The second kappa shape index (κ2) is 14.2. The number of aliphatic hydroxyl groups is 1. The first kappa shape index (κ1) is 29.5. The van der Waals surface area contributed by atoms with Crippen LogP contribution in [0.5, 0.6) is 0 Å². The number of rotatable bonds is 11. The molecule has 2 aliphatic rings. The van der Waals surface area contributed by atoms with Crippen molar-refractivity contribution in [3.05, 3.63) is 34.6 Å². The number of urea groups is 1. The third kappa shape index (κ3) is 8.19. The number of hydrogen-bond donors (Lipinski definition) is 5. The summed E-state index contributed by atoms with van der Waals surface area (Å²) in [6.07, 6.45) is 7.72. The molecule has 1 aliphatic carbocycles. The van der Waals surface area contributed by atoms with Gasteiger partial charge in [-0.1, -0.05) is 55.8 Å². The van der Waals surface area contributed by atoms with Crippen LogP contribution in [0.3, 0.4) is 0 Å². The Morgan fingerprint density at radius 3 is 2.68 bits per heavy atom. The fourth-order valence-electron chi connectivity index (χ4n) is 6.03. The van der Waals surface area contributed by atoms with Crippen molar-refractivity contribution in [3.8, 4) is 0 Å². The molecule has 3 atom stereocenters. The Morgan fingerprint density at radius 1 is 1.22 bits per heavy atom. The average Bonchev–Trinajstić information content (AvgIpc) is 2.89. The van der Waals surface area contributed by atoms with Crippen molar-refractivity contribution < 1.29 is 24.2 Å². The molecule has 0 unspecified atom stereocenters. The predicted octanol–water partition coefficient (Wildman–Crippen LogP) is 4.69. The van der Waals surface area contributed by atoms with Crippen molar-refractivity contribution in [1.82, 2.24) is 20.9 Å². The second-order valence-electron chi connectivity index (χ2n) is 10.6. The highest BCUT2D eigenvalue weighted by atomic mass is 35.5. The predicted molar refractivity (Wildman–Crippen MR) is 142 cm³/mol. The molecule has 0 aromatic heterocycles. The maximum Gasteiger partial charge on any atom is 0.404 e. The fourth-order valence-corrected chi connectivity index (χ4v) is 6.21. The van der Waals surface area contributed by atoms with E-state index in [-0.39, 0.29) is 42.2 Å². The third-order valence-corrected chi connectivity index (χ3v) is 8.23. The van der Waals surface area contributed by atoms with Gasteiger partial charge in [0.25, 0.3) is 0 Å². The van der Waals surface area contributed by atoms with E-state index in [0.717, 1.165) is 6.42 Å². The molecular weight excluding hydrogens is 499 g/mol. The standard InChI is InChI=1S/C27H42ClFN4O4/c1-30-17-21(16-19-8-3-2-4-9-19)32-25(34)33-15-6-10-20(18-33)27(37,13-7-14-31-26(35)36)22-11-5-12-23(28)24(22)29/h5,11-12,19-21,30-31,37H,2-4,6-10,13-18H2,1H3,(H,32,34)(H,35,36)/t20-,21+,27+/m1/s1. The monoisotopic (exact) mass is 540 g/mol. The molecule has 0 spiro atoms. The number of likely N-dealkylation sites (N-methyl/N-ethyl adjacent to an activating group) is 1. The van der Waals surface area contributed by atoms with E-state index in [0.29, 0.717) is 38.3 Å². The zero-order chi connectivity index (χ0) is 26.8. The van der Waals surface area contributed by atoms with Gasteiger partial charge < -0.3 is 31.1 Å². The smallest absolute Gasteiger partial charge is 0.404 e. The van der Waals surface area contributed by atoms with Crippen molar-refractivity contribution >= 4 is 23.7 Å². The van der Waals surface area contributed by atoms with Crippen LogP contribution in [0.15, 0.2) is 18.2 Å². The Morgan fingerprint density at radius 2 is 1.97 bits per heavy atom. The Bertz CT molecular complexity index is 901. The van der Waals surface area contributed by atoms with Gasteiger partial charge in [0.05, 0.1) is 10.6 Å². The van der Waals surface area contributed by atoms with Gasteiger partial charge in [-0.15, -0.1) is 0 Å². The minimum Gasteiger partial charge on any atom is -0.465 e. The summed E-state index contributed by atoms with van der Waals surface area (Å²) in [7, 11) is 1.88. The van der Waals surface area contributed by atoms with Crippen LogP contribution in [0.1, 0.15) is 69.8 Å². The first-order valence-corrected chi connectivity index (χ1v) is 14.0. The molecule has 0 bridgehead atoms. The number of piperidine rings is 1. The molecule has 2 fully saturated rings. The number of benzene rings is 1. The van der Waals surface area contributed by atoms with Crippen LogP contribution >= 0.6 is 11.6 Å². The molecule has 1 heterocycles. The highest BCUT2D eigenvalue weighted by Gasteiger charge is 2.43. The molecular formula is C27H42ClFN4O4. The van der Waals surface area contributed by atoms with E-state index in [1.165, 1.54) is 44.2 Å². The number of nitrogens with one attached hydrogen (secondary N) is 3. The Hall–Kier alpha value is -2.10. The zero-order valence-electron chi connectivity index (χ0n) is 21.8. The number of hydrogen-bond acceptors (Lipinski definition) is 4. The van der Waals surface area contributed by atoms with Gasteiger partial charge in [0.15, 0.2) is 0 Å². The van der Waals surface area contributed by atoms with Crippen molar-refractivity contribution in [3.63, 3.8) is 0 Å². The molecule has 1 saturated carbocycles. The second-order valence-corrected chi connectivity index (χ2v) is 11.0. The van der Waals surface area contributed by atoms with E-state index in [1.807, 2.05) is 7.05 Å². The van der Waals surface area contributed by atoms with Crippen molar-refractivity contribution in [2.75, 3.05) is 33.2 Å². The number of carboxylic acid groups (broad SMARTS) is 1. The highest BCUT2D eigenvalue weighted by molar-refractivity contribution is 6.30. The van der Waals surface area contributed by atoms with Gasteiger partial charge in [0.1, 0.15) is 5.82 Å². The number of carbonyl (C=O) groups excluding carboxylic acids is 1. The summed E-state index contributed by atoms with van der Waals surface area (Å²) in [6, 6.07) is 4.41. The van der Waals surface area contributed by atoms with Crippen LogP contribution in [0, 0.1) is 17.7 Å². The summed E-state index contributed by atoms with van der Waals surface area (Å²) in [6.45, 7) is 1.65. The van der Waals surface area contributed by atoms with Gasteiger partial charge in [-0.2, -0.15) is 0 Å². The van der Waals surface area contributed by atoms with E-state index in [2.05, 4.69) is 16.0 Å². The van der Waals surface area contributed by atoms with Crippen molar-refractivity contribution in [2.24, 2.45) is 11.8 Å². The normalized spacial score (nSPS) is 21.2. The summed E-state index contributed by atoms with van der Waals surface area (Å²) in [5.41, 5.74) is -1.51. The maximum absolute atomic E-state index is 15.1. The van der Waals surface area contributed by atoms with Crippen LogP contribution in [0.4, 0.5) is 14.0 Å². The van der Waals surface area contributed by atoms with Gasteiger partial charge in [0.2, 0.25) is 0 Å².